The van der Waals surface area contributed by atoms with Crippen LogP contribution in [0.3, 0.4) is 0 Å². The Bertz CT molecular complexity index is 601. The fourth-order valence-corrected chi connectivity index (χ4v) is 3.01. The quantitative estimate of drug-likeness (QED) is 0.756. The average molecular weight is 354 g/mol. The lowest BCUT2D eigenvalue weighted by Gasteiger charge is -2.24. The molecule has 2 atom stereocenters. The number of nitrogens with one attached hydrogen (secondary N) is 1. The van der Waals surface area contributed by atoms with E-state index >= 15 is 0 Å². The van der Waals surface area contributed by atoms with Crippen LogP contribution in [0.2, 0.25) is 0 Å². The van der Waals surface area contributed by atoms with Crippen molar-refractivity contribution in [3.05, 3.63) is 69.7 Å². The van der Waals surface area contributed by atoms with Crippen LogP contribution in [0.25, 0.3) is 0 Å². The molecule has 0 heterocycles. The fourth-order valence-electron chi connectivity index (χ4n) is 2.64. The van der Waals surface area contributed by atoms with Gasteiger partial charge in [-0.05, 0) is 53.0 Å². The smallest absolute Gasteiger partial charge is 0.143 e. The highest BCUT2D eigenvalue weighted by Gasteiger charge is 2.21. The molecule has 0 aliphatic heterocycles. The van der Waals surface area contributed by atoms with Crippen molar-refractivity contribution >= 4 is 15.9 Å². The molecule has 21 heavy (non-hydrogen) atoms. The Morgan fingerprint density at radius 2 is 1.76 bits per heavy atom. The highest BCUT2D eigenvalue weighted by molar-refractivity contribution is 9.10. The summed E-state index contributed by atoms with van der Waals surface area (Å²) in [6.45, 7) is 1.99. The molecule has 1 N–H and O–H groups in total. The van der Waals surface area contributed by atoms with E-state index in [1.54, 1.807) is 0 Å². The zero-order chi connectivity index (χ0) is 15.4. The first-order chi connectivity index (χ1) is 10.0. The van der Waals surface area contributed by atoms with Crippen LogP contribution >= 0.6 is 15.9 Å². The molecule has 2 unspecified atom stereocenters. The van der Waals surface area contributed by atoms with Crippen LogP contribution in [-0.2, 0) is 6.42 Å². The van der Waals surface area contributed by atoms with Gasteiger partial charge in [-0.25, -0.2) is 8.78 Å². The third-order valence-electron chi connectivity index (χ3n) is 3.70. The Kier molecular flexibility index (Phi) is 5.48. The van der Waals surface area contributed by atoms with Gasteiger partial charge in [0, 0.05) is 11.6 Å². The van der Waals surface area contributed by atoms with Crippen LogP contribution in [0.15, 0.2) is 46.9 Å². The normalized spacial score (nSPS) is 14.0. The van der Waals surface area contributed by atoms with Crippen molar-refractivity contribution in [2.75, 3.05) is 7.05 Å². The van der Waals surface area contributed by atoms with Gasteiger partial charge in [0.05, 0.1) is 4.47 Å². The maximum absolute atomic E-state index is 14.1. The third kappa shape index (κ3) is 3.69. The molecular formula is C17H18BrF2N. The van der Waals surface area contributed by atoms with E-state index in [1.165, 1.54) is 12.1 Å². The molecule has 0 bridgehead atoms. The fraction of sp³-hybridized carbons (Fsp3) is 0.294. The standard InChI is InChI=1S/C17H18BrF2N/c1-11(17(21-2)12-6-4-3-5-7-12)10-13-15(19)9-8-14(18)16(13)20/h3-9,11,17,21H,10H2,1-2H3. The highest BCUT2D eigenvalue weighted by atomic mass is 79.9. The summed E-state index contributed by atoms with van der Waals surface area (Å²) in [5.74, 6) is -0.953. The number of benzene rings is 2. The van der Waals surface area contributed by atoms with E-state index in [2.05, 4.69) is 21.2 Å². The molecule has 0 aliphatic rings. The van der Waals surface area contributed by atoms with Crippen molar-refractivity contribution in [2.24, 2.45) is 5.92 Å². The summed E-state index contributed by atoms with van der Waals surface area (Å²) in [5, 5.41) is 3.24. The Labute approximate surface area is 132 Å². The van der Waals surface area contributed by atoms with Crippen molar-refractivity contribution < 1.29 is 8.78 Å². The van der Waals surface area contributed by atoms with E-state index in [9.17, 15) is 8.78 Å². The van der Waals surface area contributed by atoms with Crippen LogP contribution in [0.4, 0.5) is 8.78 Å². The zero-order valence-corrected chi connectivity index (χ0v) is 13.6. The van der Waals surface area contributed by atoms with Gasteiger partial charge in [0.25, 0.3) is 0 Å². The summed E-state index contributed by atoms with van der Waals surface area (Å²) in [7, 11) is 1.86. The lowest BCUT2D eigenvalue weighted by molar-refractivity contribution is 0.395. The maximum Gasteiger partial charge on any atom is 0.143 e. The summed E-state index contributed by atoms with van der Waals surface area (Å²) in [6.07, 6.45) is 0.331. The monoisotopic (exact) mass is 353 g/mol. The largest absolute Gasteiger partial charge is 0.313 e. The van der Waals surface area contributed by atoms with E-state index in [1.807, 2.05) is 44.3 Å². The topological polar surface area (TPSA) is 12.0 Å². The Hall–Kier alpha value is -1.26. The van der Waals surface area contributed by atoms with Crippen molar-refractivity contribution in [2.45, 2.75) is 19.4 Å². The van der Waals surface area contributed by atoms with Crippen LogP contribution in [-0.4, -0.2) is 7.05 Å². The summed E-state index contributed by atoms with van der Waals surface area (Å²) >= 11 is 3.11. The van der Waals surface area contributed by atoms with Gasteiger partial charge in [-0.2, -0.15) is 0 Å². The molecule has 0 amide bonds. The van der Waals surface area contributed by atoms with Gasteiger partial charge in [0.1, 0.15) is 11.6 Å². The van der Waals surface area contributed by atoms with Crippen LogP contribution in [0, 0.1) is 17.6 Å². The molecule has 2 aromatic rings. The lowest BCUT2D eigenvalue weighted by atomic mass is 9.89. The second-order valence-corrected chi connectivity index (χ2v) is 6.03. The Morgan fingerprint density at radius 1 is 1.10 bits per heavy atom. The van der Waals surface area contributed by atoms with Gasteiger partial charge in [-0.3, -0.25) is 0 Å². The molecule has 4 heteroatoms. The van der Waals surface area contributed by atoms with Crippen molar-refractivity contribution in [1.82, 2.24) is 5.32 Å². The second kappa shape index (κ2) is 7.14. The number of hydrogen-bond acceptors (Lipinski definition) is 1. The van der Waals surface area contributed by atoms with E-state index in [0.29, 0.717) is 10.9 Å². The first-order valence-electron chi connectivity index (χ1n) is 6.89. The molecular weight excluding hydrogens is 336 g/mol. The molecule has 0 spiro atoms. The van der Waals surface area contributed by atoms with Crippen LogP contribution in [0.1, 0.15) is 24.1 Å². The van der Waals surface area contributed by atoms with Crippen molar-refractivity contribution in [3.8, 4) is 0 Å². The minimum absolute atomic E-state index is 0.0454. The van der Waals surface area contributed by atoms with Crippen LogP contribution < -0.4 is 5.32 Å². The molecule has 2 aromatic carbocycles. The van der Waals surface area contributed by atoms with E-state index < -0.39 is 11.6 Å². The summed E-state index contributed by atoms with van der Waals surface area (Å²) in [6, 6.07) is 12.7. The number of rotatable bonds is 5. The van der Waals surface area contributed by atoms with Gasteiger partial charge in [0.15, 0.2) is 0 Å². The molecule has 2 rings (SSSR count). The van der Waals surface area contributed by atoms with Gasteiger partial charge in [-0.1, -0.05) is 37.3 Å². The van der Waals surface area contributed by atoms with Crippen molar-refractivity contribution in [1.29, 1.82) is 0 Å². The minimum Gasteiger partial charge on any atom is -0.313 e. The molecule has 0 saturated heterocycles. The Morgan fingerprint density at radius 3 is 2.38 bits per heavy atom. The molecule has 0 saturated carbocycles. The third-order valence-corrected chi connectivity index (χ3v) is 4.32. The molecule has 112 valence electrons. The first-order valence-corrected chi connectivity index (χ1v) is 7.68. The predicted molar refractivity (Wildman–Crippen MR) is 85.2 cm³/mol. The maximum atomic E-state index is 14.1. The zero-order valence-electron chi connectivity index (χ0n) is 12.0. The van der Waals surface area contributed by atoms with Crippen LogP contribution in [0.5, 0.6) is 0 Å². The van der Waals surface area contributed by atoms with Gasteiger partial charge in [0.2, 0.25) is 0 Å². The predicted octanol–water partition coefficient (Wildman–Crippen LogP) is 4.87. The lowest BCUT2D eigenvalue weighted by Crippen LogP contribution is -2.25. The number of halogens is 3. The molecule has 1 nitrogen and oxygen atoms in total. The molecule has 0 aromatic heterocycles. The van der Waals surface area contributed by atoms with E-state index in [0.717, 1.165) is 5.56 Å². The summed E-state index contributed by atoms with van der Waals surface area (Å²) in [5.41, 5.74) is 1.25. The van der Waals surface area contributed by atoms with E-state index in [4.69, 9.17) is 0 Å². The van der Waals surface area contributed by atoms with Gasteiger partial charge >= 0.3 is 0 Å². The van der Waals surface area contributed by atoms with Crippen molar-refractivity contribution in [3.63, 3.8) is 0 Å². The van der Waals surface area contributed by atoms with E-state index in [-0.39, 0.29) is 17.5 Å². The Balaban J connectivity index is 2.25. The SMILES string of the molecule is CNC(c1ccccc1)C(C)Cc1c(F)ccc(Br)c1F. The second-order valence-electron chi connectivity index (χ2n) is 5.18. The summed E-state index contributed by atoms with van der Waals surface area (Å²) in [4.78, 5) is 0. The average Bonchev–Trinajstić information content (AvgIpc) is 2.49. The number of hydrogen-bond donors (Lipinski definition) is 1. The first kappa shape index (κ1) is 16.1. The molecule has 0 radical (unpaired) electrons. The minimum atomic E-state index is -0.509. The van der Waals surface area contributed by atoms with Gasteiger partial charge in [-0.15, -0.1) is 0 Å². The highest BCUT2D eigenvalue weighted by Crippen LogP contribution is 2.29. The molecule has 0 fully saturated rings. The summed E-state index contributed by atoms with van der Waals surface area (Å²) < 4.78 is 28.3. The van der Waals surface area contributed by atoms with Gasteiger partial charge < -0.3 is 5.32 Å². The molecule has 0 aliphatic carbocycles.